The zero-order valence-corrected chi connectivity index (χ0v) is 15.4. The lowest BCUT2D eigenvalue weighted by Crippen LogP contribution is -2.37. The summed E-state index contributed by atoms with van der Waals surface area (Å²) < 4.78 is 10.5. The maximum atomic E-state index is 12.3. The quantitative estimate of drug-likeness (QED) is 0.842. The summed E-state index contributed by atoms with van der Waals surface area (Å²) in [5, 5.41) is 3.66. The summed E-state index contributed by atoms with van der Waals surface area (Å²) in [4.78, 5) is 25.7. The van der Waals surface area contributed by atoms with E-state index in [0.717, 1.165) is 0 Å². The zero-order valence-electron chi connectivity index (χ0n) is 13.9. The maximum absolute atomic E-state index is 12.3. The fraction of sp³-hybridized carbons (Fsp3) is 0.222. The molecule has 0 radical (unpaired) electrons. The molecule has 1 aliphatic rings. The predicted octanol–water partition coefficient (Wildman–Crippen LogP) is 3.51. The van der Waals surface area contributed by atoms with Crippen LogP contribution in [-0.4, -0.2) is 31.7 Å². The van der Waals surface area contributed by atoms with E-state index in [1.807, 2.05) is 0 Å². The van der Waals surface area contributed by atoms with Crippen LogP contribution in [0.1, 0.15) is 17.3 Å². The van der Waals surface area contributed by atoms with Gasteiger partial charge in [0.2, 0.25) is 12.7 Å². The van der Waals surface area contributed by atoms with Gasteiger partial charge in [-0.25, -0.2) is 0 Å². The fourth-order valence-electron chi connectivity index (χ4n) is 2.56. The lowest BCUT2D eigenvalue weighted by Gasteiger charge is -2.22. The molecule has 2 amide bonds. The molecular weight excluding hydrogens is 379 g/mol. The highest BCUT2D eigenvalue weighted by atomic mass is 35.5. The van der Waals surface area contributed by atoms with Crippen LogP contribution >= 0.6 is 23.2 Å². The van der Waals surface area contributed by atoms with Gasteiger partial charge in [0.15, 0.2) is 11.5 Å². The molecule has 2 aromatic rings. The summed E-state index contributed by atoms with van der Waals surface area (Å²) in [6.45, 7) is 2.08. The predicted molar refractivity (Wildman–Crippen MR) is 99.4 cm³/mol. The van der Waals surface area contributed by atoms with E-state index in [1.54, 1.807) is 36.4 Å². The Kier molecular flexibility index (Phi) is 5.54. The zero-order chi connectivity index (χ0) is 18.7. The molecular formula is C18H16Cl2N2O4. The molecule has 0 aromatic heterocycles. The van der Waals surface area contributed by atoms with E-state index in [-0.39, 0.29) is 31.7 Å². The number of nitrogens with one attached hydrogen (secondary N) is 1. The van der Waals surface area contributed by atoms with Crippen LogP contribution in [0.3, 0.4) is 0 Å². The van der Waals surface area contributed by atoms with Gasteiger partial charge in [0, 0.05) is 30.6 Å². The molecule has 6 nitrogen and oxygen atoms in total. The van der Waals surface area contributed by atoms with Crippen LogP contribution in [0, 0.1) is 0 Å². The standard InChI is InChI=1S/C18H16Cl2N2O4/c1-11(23)22(15-9-13(19)3-4-14(15)20)7-6-21-18(24)12-2-5-16-17(8-12)26-10-25-16/h2-5,8-9H,6-7,10H2,1H3,(H,21,24). The molecule has 2 aromatic carbocycles. The van der Waals surface area contributed by atoms with Gasteiger partial charge < -0.3 is 19.7 Å². The molecule has 3 rings (SSSR count). The minimum Gasteiger partial charge on any atom is -0.454 e. The summed E-state index contributed by atoms with van der Waals surface area (Å²) in [5.74, 6) is 0.670. The summed E-state index contributed by atoms with van der Waals surface area (Å²) in [6.07, 6.45) is 0. The number of halogens is 2. The Balaban J connectivity index is 1.64. The van der Waals surface area contributed by atoms with E-state index >= 15 is 0 Å². The third-order valence-corrected chi connectivity index (χ3v) is 4.39. The highest BCUT2D eigenvalue weighted by Gasteiger charge is 2.18. The van der Waals surface area contributed by atoms with Crippen molar-refractivity contribution in [3.05, 3.63) is 52.0 Å². The van der Waals surface area contributed by atoms with E-state index < -0.39 is 0 Å². The molecule has 0 unspecified atom stereocenters. The second-order valence-corrected chi connectivity index (χ2v) is 6.43. The minimum atomic E-state index is -0.274. The third-order valence-electron chi connectivity index (χ3n) is 3.83. The molecule has 0 spiro atoms. The van der Waals surface area contributed by atoms with Crippen molar-refractivity contribution < 1.29 is 19.1 Å². The van der Waals surface area contributed by atoms with Crippen LogP contribution < -0.4 is 19.7 Å². The van der Waals surface area contributed by atoms with Crippen molar-refractivity contribution in [2.24, 2.45) is 0 Å². The maximum Gasteiger partial charge on any atom is 0.251 e. The molecule has 0 saturated carbocycles. The largest absolute Gasteiger partial charge is 0.454 e. The van der Waals surface area contributed by atoms with E-state index in [4.69, 9.17) is 32.7 Å². The number of hydrogen-bond acceptors (Lipinski definition) is 4. The number of benzene rings is 2. The van der Waals surface area contributed by atoms with Gasteiger partial charge in [-0.15, -0.1) is 0 Å². The topological polar surface area (TPSA) is 67.9 Å². The molecule has 136 valence electrons. The van der Waals surface area contributed by atoms with Gasteiger partial charge in [0.1, 0.15) is 0 Å². The van der Waals surface area contributed by atoms with Crippen molar-refractivity contribution in [2.75, 3.05) is 24.8 Å². The van der Waals surface area contributed by atoms with Crippen LogP contribution in [0.25, 0.3) is 0 Å². The number of carbonyl (C=O) groups is 2. The molecule has 0 fully saturated rings. The Morgan fingerprint density at radius 2 is 1.88 bits per heavy atom. The van der Waals surface area contributed by atoms with Gasteiger partial charge in [0.25, 0.3) is 5.91 Å². The number of rotatable bonds is 5. The van der Waals surface area contributed by atoms with Crippen LogP contribution in [-0.2, 0) is 4.79 Å². The summed E-state index contributed by atoms with van der Waals surface area (Å²) >= 11 is 12.1. The van der Waals surface area contributed by atoms with E-state index in [2.05, 4.69) is 5.32 Å². The monoisotopic (exact) mass is 394 g/mol. The number of anilines is 1. The summed E-state index contributed by atoms with van der Waals surface area (Å²) in [7, 11) is 0. The van der Waals surface area contributed by atoms with Crippen LogP contribution in [0.15, 0.2) is 36.4 Å². The smallest absolute Gasteiger partial charge is 0.251 e. The van der Waals surface area contributed by atoms with Crippen molar-refractivity contribution in [3.63, 3.8) is 0 Å². The molecule has 1 aliphatic heterocycles. The molecule has 26 heavy (non-hydrogen) atoms. The van der Waals surface area contributed by atoms with E-state index in [0.29, 0.717) is 32.8 Å². The number of hydrogen-bond donors (Lipinski definition) is 1. The van der Waals surface area contributed by atoms with Crippen molar-refractivity contribution in [1.82, 2.24) is 5.32 Å². The second kappa shape index (κ2) is 7.85. The number of fused-ring (bicyclic) bond motifs is 1. The normalized spacial score (nSPS) is 12.0. The van der Waals surface area contributed by atoms with Crippen molar-refractivity contribution >= 4 is 40.7 Å². The SMILES string of the molecule is CC(=O)N(CCNC(=O)c1ccc2c(c1)OCO2)c1cc(Cl)ccc1Cl. The molecule has 1 heterocycles. The lowest BCUT2D eigenvalue weighted by molar-refractivity contribution is -0.116. The molecule has 0 atom stereocenters. The van der Waals surface area contributed by atoms with Gasteiger partial charge in [-0.1, -0.05) is 23.2 Å². The van der Waals surface area contributed by atoms with Crippen molar-refractivity contribution in [3.8, 4) is 11.5 Å². The summed E-state index contributed by atoms with van der Waals surface area (Å²) in [5.41, 5.74) is 0.952. The minimum absolute atomic E-state index is 0.147. The van der Waals surface area contributed by atoms with Crippen LogP contribution in [0.2, 0.25) is 10.0 Å². The second-order valence-electron chi connectivity index (χ2n) is 5.59. The van der Waals surface area contributed by atoms with Crippen molar-refractivity contribution in [2.45, 2.75) is 6.92 Å². The highest BCUT2D eigenvalue weighted by Crippen LogP contribution is 2.32. The van der Waals surface area contributed by atoms with Gasteiger partial charge in [-0.05, 0) is 36.4 Å². The number of amides is 2. The lowest BCUT2D eigenvalue weighted by atomic mass is 10.2. The first-order valence-corrected chi connectivity index (χ1v) is 8.62. The van der Waals surface area contributed by atoms with Crippen LogP contribution in [0.5, 0.6) is 11.5 Å². The Hall–Kier alpha value is -2.44. The van der Waals surface area contributed by atoms with Gasteiger partial charge in [-0.2, -0.15) is 0 Å². The number of nitrogens with zero attached hydrogens (tertiary/aromatic N) is 1. The molecule has 0 aliphatic carbocycles. The summed E-state index contributed by atoms with van der Waals surface area (Å²) in [6, 6.07) is 9.84. The Labute approximate surface area is 160 Å². The Morgan fingerprint density at radius 1 is 1.12 bits per heavy atom. The molecule has 0 bridgehead atoms. The Morgan fingerprint density at radius 3 is 2.65 bits per heavy atom. The van der Waals surface area contributed by atoms with E-state index in [1.165, 1.54) is 11.8 Å². The first-order chi connectivity index (χ1) is 12.5. The van der Waals surface area contributed by atoms with Gasteiger partial charge in [0.05, 0.1) is 10.7 Å². The molecule has 0 saturated heterocycles. The van der Waals surface area contributed by atoms with Crippen LogP contribution in [0.4, 0.5) is 5.69 Å². The number of ether oxygens (including phenoxy) is 2. The number of carbonyl (C=O) groups excluding carboxylic acids is 2. The van der Waals surface area contributed by atoms with Crippen molar-refractivity contribution in [1.29, 1.82) is 0 Å². The average molecular weight is 395 g/mol. The molecule has 1 N–H and O–H groups in total. The van der Waals surface area contributed by atoms with E-state index in [9.17, 15) is 9.59 Å². The first-order valence-electron chi connectivity index (χ1n) is 7.86. The highest BCUT2D eigenvalue weighted by molar-refractivity contribution is 6.35. The third kappa shape index (κ3) is 4.03. The van der Waals surface area contributed by atoms with Gasteiger partial charge in [-0.3, -0.25) is 9.59 Å². The van der Waals surface area contributed by atoms with Gasteiger partial charge >= 0.3 is 0 Å². The fourth-order valence-corrected chi connectivity index (χ4v) is 2.95. The molecule has 8 heteroatoms. The average Bonchev–Trinajstić information content (AvgIpc) is 3.08. The first kappa shape index (κ1) is 18.4. The Bertz CT molecular complexity index is 857.